The Balaban J connectivity index is 3.07. The number of halogens is 2. The quantitative estimate of drug-likeness (QED) is 0.848. The van der Waals surface area contributed by atoms with Gasteiger partial charge in [-0.2, -0.15) is 0 Å². The predicted octanol–water partition coefficient (Wildman–Crippen LogP) is 3.06. The Labute approximate surface area is 122 Å². The maximum atomic E-state index is 13.4. The van der Waals surface area contributed by atoms with Crippen LogP contribution in [0.15, 0.2) is 23.1 Å². The van der Waals surface area contributed by atoms with Gasteiger partial charge in [0.05, 0.1) is 0 Å². The monoisotopic (exact) mass is 321 g/mol. The number of carbonyl (C=O) groups is 1. The Morgan fingerprint density at radius 3 is 2.50 bits per heavy atom. The van der Waals surface area contributed by atoms with Gasteiger partial charge in [0.25, 0.3) is 15.0 Å². The van der Waals surface area contributed by atoms with Crippen molar-refractivity contribution < 1.29 is 17.6 Å². The number of hydrogen-bond acceptors (Lipinski definition) is 3. The van der Waals surface area contributed by atoms with E-state index >= 15 is 0 Å². The molecule has 0 saturated heterocycles. The Hall–Kier alpha value is -1.14. The summed E-state index contributed by atoms with van der Waals surface area (Å²) >= 11 is 0. The predicted molar refractivity (Wildman–Crippen MR) is 75.9 cm³/mol. The zero-order valence-corrected chi connectivity index (χ0v) is 13.1. The van der Waals surface area contributed by atoms with Crippen LogP contribution >= 0.6 is 10.7 Å². The van der Waals surface area contributed by atoms with E-state index < -0.39 is 31.2 Å². The molecule has 0 spiro atoms. The summed E-state index contributed by atoms with van der Waals surface area (Å²) in [5.41, 5.74) is -0.380. The second-order valence-corrected chi connectivity index (χ2v) is 7.71. The van der Waals surface area contributed by atoms with Crippen LogP contribution in [0.4, 0.5) is 4.39 Å². The molecule has 0 aliphatic heterocycles. The molecular formula is C13H17ClFNO3S. The molecule has 0 aliphatic carbocycles. The molecule has 0 atom stereocenters. The number of benzene rings is 1. The Morgan fingerprint density at radius 2 is 2.00 bits per heavy atom. The summed E-state index contributed by atoms with van der Waals surface area (Å²) in [6.45, 7) is 5.71. The van der Waals surface area contributed by atoms with Crippen LogP contribution in [0.2, 0.25) is 0 Å². The molecule has 0 aliphatic rings. The minimum atomic E-state index is -4.23. The first-order chi connectivity index (χ1) is 9.07. The largest absolute Gasteiger partial charge is 0.347 e. The summed E-state index contributed by atoms with van der Waals surface area (Å²) in [6.07, 6.45) is 1.65. The summed E-state index contributed by atoms with van der Waals surface area (Å²) < 4.78 is 35.8. The Kier molecular flexibility index (Phi) is 5.15. The van der Waals surface area contributed by atoms with Gasteiger partial charge in [-0.05, 0) is 38.5 Å². The van der Waals surface area contributed by atoms with Crippen LogP contribution in [0, 0.1) is 5.82 Å². The highest BCUT2D eigenvalue weighted by molar-refractivity contribution is 8.13. The van der Waals surface area contributed by atoms with E-state index in [0.29, 0.717) is 0 Å². The van der Waals surface area contributed by atoms with Crippen LogP contribution < -0.4 is 5.32 Å². The fourth-order valence-electron chi connectivity index (χ4n) is 1.90. The van der Waals surface area contributed by atoms with E-state index in [1.807, 2.05) is 20.8 Å². The lowest BCUT2D eigenvalue weighted by atomic mass is 9.98. The van der Waals surface area contributed by atoms with Gasteiger partial charge in [0.2, 0.25) is 0 Å². The van der Waals surface area contributed by atoms with Gasteiger partial charge in [-0.25, -0.2) is 12.8 Å². The van der Waals surface area contributed by atoms with Gasteiger partial charge >= 0.3 is 0 Å². The standard InChI is InChI=1S/C13H17ClFNO3S/c1-4-7-13(2,3)16-12(17)9-5-6-10(15)11(8-9)20(14,18)19/h5-6,8H,4,7H2,1-3H3,(H,16,17). The van der Waals surface area contributed by atoms with Gasteiger partial charge < -0.3 is 5.32 Å². The van der Waals surface area contributed by atoms with Gasteiger partial charge in [0.1, 0.15) is 10.7 Å². The Bertz CT molecular complexity index is 614. The maximum Gasteiger partial charge on any atom is 0.264 e. The Morgan fingerprint density at radius 1 is 1.40 bits per heavy atom. The maximum absolute atomic E-state index is 13.4. The molecule has 0 aromatic heterocycles. The first-order valence-corrected chi connectivity index (χ1v) is 8.44. The van der Waals surface area contributed by atoms with Crippen LogP contribution in [0.3, 0.4) is 0 Å². The zero-order valence-electron chi connectivity index (χ0n) is 11.5. The highest BCUT2D eigenvalue weighted by Crippen LogP contribution is 2.21. The van der Waals surface area contributed by atoms with Crippen LogP contribution in [-0.4, -0.2) is 19.9 Å². The lowest BCUT2D eigenvalue weighted by molar-refractivity contribution is 0.0908. The summed E-state index contributed by atoms with van der Waals surface area (Å²) in [5, 5.41) is 2.77. The number of hydrogen-bond donors (Lipinski definition) is 1. The minimum Gasteiger partial charge on any atom is -0.347 e. The van der Waals surface area contributed by atoms with E-state index in [4.69, 9.17) is 10.7 Å². The SMILES string of the molecule is CCCC(C)(C)NC(=O)c1ccc(F)c(S(=O)(=O)Cl)c1. The summed E-state index contributed by atoms with van der Waals surface area (Å²) in [4.78, 5) is 11.4. The first-order valence-electron chi connectivity index (χ1n) is 6.13. The van der Waals surface area contributed by atoms with Gasteiger partial charge in [-0.1, -0.05) is 13.3 Å². The summed E-state index contributed by atoms with van der Waals surface area (Å²) in [7, 11) is 0.898. The van der Waals surface area contributed by atoms with Gasteiger partial charge in [-0.3, -0.25) is 4.79 Å². The first kappa shape index (κ1) is 16.9. The van der Waals surface area contributed by atoms with Crippen molar-refractivity contribution in [1.82, 2.24) is 5.32 Å². The number of carbonyl (C=O) groups excluding carboxylic acids is 1. The van der Waals surface area contributed by atoms with Crippen molar-refractivity contribution in [3.63, 3.8) is 0 Å². The van der Waals surface area contributed by atoms with E-state index in [2.05, 4.69) is 5.32 Å². The second-order valence-electron chi connectivity index (χ2n) is 5.17. The molecule has 0 saturated carbocycles. The van der Waals surface area contributed by atoms with Gasteiger partial charge in [0, 0.05) is 21.8 Å². The molecule has 1 N–H and O–H groups in total. The topological polar surface area (TPSA) is 63.2 Å². The molecule has 0 fully saturated rings. The van der Waals surface area contributed by atoms with Gasteiger partial charge in [-0.15, -0.1) is 0 Å². The fourth-order valence-corrected chi connectivity index (χ4v) is 2.82. The van der Waals surface area contributed by atoms with Crippen LogP contribution in [0.5, 0.6) is 0 Å². The number of amides is 1. The summed E-state index contributed by atoms with van der Waals surface area (Å²) in [6, 6.07) is 3.07. The van der Waals surface area contributed by atoms with E-state index in [1.54, 1.807) is 0 Å². The molecule has 0 radical (unpaired) electrons. The normalized spacial score (nSPS) is 12.2. The van der Waals surface area contributed by atoms with Crippen molar-refractivity contribution in [2.24, 2.45) is 0 Å². The summed E-state index contributed by atoms with van der Waals surface area (Å²) in [5.74, 6) is -1.45. The van der Waals surface area contributed by atoms with Crippen molar-refractivity contribution >= 4 is 25.6 Å². The number of rotatable bonds is 5. The molecule has 7 heteroatoms. The van der Waals surface area contributed by atoms with Crippen LogP contribution in [0.25, 0.3) is 0 Å². The smallest absolute Gasteiger partial charge is 0.264 e. The van der Waals surface area contributed by atoms with Crippen molar-refractivity contribution in [3.05, 3.63) is 29.6 Å². The zero-order chi connectivity index (χ0) is 15.6. The minimum absolute atomic E-state index is 0.0507. The van der Waals surface area contributed by atoms with E-state index in [9.17, 15) is 17.6 Å². The van der Waals surface area contributed by atoms with Gasteiger partial charge in [0.15, 0.2) is 0 Å². The number of nitrogens with one attached hydrogen (secondary N) is 1. The molecule has 20 heavy (non-hydrogen) atoms. The third-order valence-electron chi connectivity index (χ3n) is 2.78. The highest BCUT2D eigenvalue weighted by Gasteiger charge is 2.23. The van der Waals surface area contributed by atoms with Crippen LogP contribution in [-0.2, 0) is 9.05 Å². The van der Waals surface area contributed by atoms with Crippen LogP contribution in [0.1, 0.15) is 44.0 Å². The van der Waals surface area contributed by atoms with Crippen molar-refractivity contribution in [2.45, 2.75) is 44.0 Å². The molecule has 1 amide bonds. The molecule has 1 aromatic rings. The third-order valence-corrected chi connectivity index (χ3v) is 4.12. The lowest BCUT2D eigenvalue weighted by Crippen LogP contribution is -2.43. The molecule has 1 rings (SSSR count). The van der Waals surface area contributed by atoms with Crippen molar-refractivity contribution in [1.29, 1.82) is 0 Å². The molecule has 1 aromatic carbocycles. The molecule has 0 bridgehead atoms. The molecule has 0 heterocycles. The molecule has 0 unspecified atom stereocenters. The average Bonchev–Trinajstić information content (AvgIpc) is 2.26. The third kappa shape index (κ3) is 4.45. The van der Waals surface area contributed by atoms with E-state index in [1.165, 1.54) is 6.07 Å². The average molecular weight is 322 g/mol. The fraction of sp³-hybridized carbons (Fsp3) is 0.462. The molecule has 112 valence electrons. The highest BCUT2D eigenvalue weighted by atomic mass is 35.7. The van der Waals surface area contributed by atoms with E-state index in [-0.39, 0.29) is 5.56 Å². The van der Waals surface area contributed by atoms with Crippen molar-refractivity contribution in [2.75, 3.05) is 0 Å². The van der Waals surface area contributed by atoms with E-state index in [0.717, 1.165) is 25.0 Å². The molecule has 4 nitrogen and oxygen atoms in total. The van der Waals surface area contributed by atoms with Crippen molar-refractivity contribution in [3.8, 4) is 0 Å². The lowest BCUT2D eigenvalue weighted by Gasteiger charge is -2.25. The molecular weight excluding hydrogens is 305 g/mol. The second kappa shape index (κ2) is 6.10.